The maximum atomic E-state index is 5.24. The van der Waals surface area contributed by atoms with Gasteiger partial charge in [0.1, 0.15) is 11.5 Å². The van der Waals surface area contributed by atoms with Crippen LogP contribution in [0.25, 0.3) is 22.6 Å². The first-order valence-electron chi connectivity index (χ1n) is 7.66. The van der Waals surface area contributed by atoms with Gasteiger partial charge in [-0.1, -0.05) is 60.7 Å². The molecule has 0 aliphatic rings. The Bertz CT molecular complexity index is 804. The number of aryl methyl sites for hydroxylation is 2. The highest BCUT2D eigenvalue weighted by Crippen LogP contribution is 2.21. The van der Waals surface area contributed by atoms with Crippen LogP contribution in [0.2, 0.25) is 0 Å². The molecule has 4 nitrogen and oxygen atoms in total. The molecule has 24 heavy (non-hydrogen) atoms. The molecule has 0 saturated heterocycles. The summed E-state index contributed by atoms with van der Waals surface area (Å²) in [6.07, 6.45) is 2.94. The third kappa shape index (κ3) is 3.60. The van der Waals surface area contributed by atoms with Crippen LogP contribution in [-0.4, -0.2) is 9.97 Å². The monoisotopic (exact) mass is 318 g/mol. The van der Waals surface area contributed by atoms with Crippen LogP contribution in [0, 0.1) is 13.8 Å². The lowest BCUT2D eigenvalue weighted by Crippen LogP contribution is -1.78. The first-order valence-corrected chi connectivity index (χ1v) is 7.66. The zero-order valence-electron chi connectivity index (χ0n) is 13.6. The summed E-state index contributed by atoms with van der Waals surface area (Å²) in [5.74, 6) is 1.72. The molecule has 0 atom stereocenters. The van der Waals surface area contributed by atoms with Gasteiger partial charge in [-0.15, -0.1) is 0 Å². The molecule has 2 heterocycles. The van der Waals surface area contributed by atoms with E-state index in [4.69, 9.17) is 8.83 Å². The highest BCUT2D eigenvalue weighted by molar-refractivity contribution is 5.60. The number of oxazole rings is 2. The van der Waals surface area contributed by atoms with Gasteiger partial charge in [-0.3, -0.25) is 0 Å². The van der Waals surface area contributed by atoms with E-state index in [1.54, 1.807) is 0 Å². The number of hydrogen-bond donors (Lipinski definition) is 0. The molecule has 120 valence electrons. The molecular formula is C20H18N2O2. The molecule has 0 spiro atoms. The Balaban J connectivity index is 0.000000141. The van der Waals surface area contributed by atoms with Crippen LogP contribution < -0.4 is 0 Å². The molecule has 2 aromatic heterocycles. The average molecular weight is 318 g/mol. The standard InChI is InChI=1S/2C10H9NO/c1-8-10(11-7-12-8)9-5-3-2-4-6-9;1-8-10(12-7-11-8)9-5-3-2-4-6-9/h2*2-7H,1H3. The van der Waals surface area contributed by atoms with Gasteiger partial charge in [-0.25, -0.2) is 9.97 Å². The summed E-state index contributed by atoms with van der Waals surface area (Å²) >= 11 is 0. The minimum Gasteiger partial charge on any atom is -0.448 e. The predicted molar refractivity (Wildman–Crippen MR) is 93.4 cm³/mol. The summed E-state index contributed by atoms with van der Waals surface area (Å²) in [7, 11) is 0. The van der Waals surface area contributed by atoms with Crippen molar-refractivity contribution in [3.8, 4) is 22.6 Å². The fourth-order valence-corrected chi connectivity index (χ4v) is 2.35. The third-order valence-corrected chi connectivity index (χ3v) is 3.57. The van der Waals surface area contributed by atoms with Gasteiger partial charge in [0.2, 0.25) is 0 Å². The Morgan fingerprint density at radius 2 is 1.25 bits per heavy atom. The lowest BCUT2D eigenvalue weighted by Gasteiger charge is -1.94. The minimum atomic E-state index is 0.857. The van der Waals surface area contributed by atoms with Crippen molar-refractivity contribution in [3.63, 3.8) is 0 Å². The van der Waals surface area contributed by atoms with Crippen molar-refractivity contribution in [2.75, 3.05) is 0 Å². The molecule has 0 bridgehead atoms. The van der Waals surface area contributed by atoms with Gasteiger partial charge in [0.05, 0.1) is 5.69 Å². The molecule has 0 N–H and O–H groups in total. The molecule has 0 aliphatic heterocycles. The molecule has 2 aromatic carbocycles. The highest BCUT2D eigenvalue weighted by atomic mass is 16.3. The average Bonchev–Trinajstić information content (AvgIpc) is 3.25. The van der Waals surface area contributed by atoms with E-state index in [1.165, 1.54) is 12.8 Å². The van der Waals surface area contributed by atoms with Crippen molar-refractivity contribution in [3.05, 3.63) is 84.9 Å². The topological polar surface area (TPSA) is 52.1 Å². The van der Waals surface area contributed by atoms with Gasteiger partial charge in [0, 0.05) is 11.1 Å². The quantitative estimate of drug-likeness (QED) is 0.503. The maximum Gasteiger partial charge on any atom is 0.181 e. The second kappa shape index (κ2) is 7.42. The normalized spacial score (nSPS) is 10.1. The van der Waals surface area contributed by atoms with Crippen LogP contribution in [-0.2, 0) is 0 Å². The van der Waals surface area contributed by atoms with E-state index in [1.807, 2.05) is 74.5 Å². The van der Waals surface area contributed by atoms with Gasteiger partial charge in [-0.2, -0.15) is 0 Å². The summed E-state index contributed by atoms with van der Waals surface area (Å²) < 4.78 is 10.3. The van der Waals surface area contributed by atoms with Crippen molar-refractivity contribution in [2.24, 2.45) is 0 Å². The molecule has 0 saturated carbocycles. The Kier molecular flexibility index (Phi) is 4.87. The van der Waals surface area contributed by atoms with Crippen LogP contribution in [0.5, 0.6) is 0 Å². The summed E-state index contributed by atoms with van der Waals surface area (Å²) in [6, 6.07) is 20.0. The van der Waals surface area contributed by atoms with E-state index < -0.39 is 0 Å². The molecular weight excluding hydrogens is 300 g/mol. The van der Waals surface area contributed by atoms with Gasteiger partial charge in [-0.05, 0) is 13.8 Å². The number of nitrogens with zero attached hydrogens (tertiary/aromatic N) is 2. The minimum absolute atomic E-state index is 0.857. The Morgan fingerprint density at radius 1 is 0.667 bits per heavy atom. The predicted octanol–water partition coefficient (Wildman–Crippen LogP) is 5.30. The molecule has 0 radical (unpaired) electrons. The van der Waals surface area contributed by atoms with Crippen molar-refractivity contribution in [1.29, 1.82) is 0 Å². The molecule has 0 fully saturated rings. The van der Waals surface area contributed by atoms with Crippen molar-refractivity contribution < 1.29 is 8.83 Å². The van der Waals surface area contributed by atoms with E-state index in [0.29, 0.717) is 0 Å². The zero-order chi connectivity index (χ0) is 16.8. The van der Waals surface area contributed by atoms with Crippen LogP contribution in [0.4, 0.5) is 0 Å². The van der Waals surface area contributed by atoms with Crippen molar-refractivity contribution in [1.82, 2.24) is 9.97 Å². The number of aromatic nitrogens is 2. The van der Waals surface area contributed by atoms with Crippen LogP contribution in [0.3, 0.4) is 0 Å². The number of benzene rings is 2. The molecule has 0 amide bonds. The van der Waals surface area contributed by atoms with Crippen LogP contribution in [0.15, 0.2) is 82.3 Å². The first-order chi connectivity index (χ1) is 11.8. The third-order valence-electron chi connectivity index (χ3n) is 3.57. The smallest absolute Gasteiger partial charge is 0.181 e. The summed E-state index contributed by atoms with van der Waals surface area (Å²) in [6.45, 7) is 3.85. The van der Waals surface area contributed by atoms with E-state index in [9.17, 15) is 0 Å². The van der Waals surface area contributed by atoms with Crippen molar-refractivity contribution in [2.45, 2.75) is 13.8 Å². The van der Waals surface area contributed by atoms with E-state index in [2.05, 4.69) is 9.97 Å². The van der Waals surface area contributed by atoms with Crippen LogP contribution in [0.1, 0.15) is 11.5 Å². The number of rotatable bonds is 2. The fraction of sp³-hybridized carbons (Fsp3) is 0.100. The second-order valence-electron chi connectivity index (χ2n) is 5.26. The van der Waals surface area contributed by atoms with Gasteiger partial charge >= 0.3 is 0 Å². The van der Waals surface area contributed by atoms with Crippen LogP contribution >= 0.6 is 0 Å². The van der Waals surface area contributed by atoms with E-state index in [-0.39, 0.29) is 0 Å². The summed E-state index contributed by atoms with van der Waals surface area (Å²) in [4.78, 5) is 8.15. The first kappa shape index (κ1) is 15.7. The largest absolute Gasteiger partial charge is 0.448 e. The molecule has 4 heteroatoms. The van der Waals surface area contributed by atoms with Crippen molar-refractivity contribution >= 4 is 0 Å². The molecule has 0 aliphatic carbocycles. The molecule has 0 unspecified atom stereocenters. The molecule has 4 aromatic rings. The Morgan fingerprint density at radius 3 is 1.75 bits per heavy atom. The summed E-state index contributed by atoms with van der Waals surface area (Å²) in [5.41, 5.74) is 4.04. The van der Waals surface area contributed by atoms with Gasteiger partial charge < -0.3 is 8.83 Å². The Labute approximate surface area is 140 Å². The lowest BCUT2D eigenvalue weighted by atomic mass is 10.1. The summed E-state index contributed by atoms with van der Waals surface area (Å²) in [5, 5.41) is 0. The van der Waals surface area contributed by atoms with E-state index >= 15 is 0 Å². The second-order valence-corrected chi connectivity index (χ2v) is 5.26. The van der Waals surface area contributed by atoms with Gasteiger partial charge in [0.15, 0.2) is 18.5 Å². The SMILES string of the molecule is Cc1ncoc1-c1ccccc1.Cc1ocnc1-c1ccccc1. The van der Waals surface area contributed by atoms with E-state index in [0.717, 1.165) is 34.0 Å². The fourth-order valence-electron chi connectivity index (χ4n) is 2.35. The van der Waals surface area contributed by atoms with Gasteiger partial charge in [0.25, 0.3) is 0 Å². The lowest BCUT2D eigenvalue weighted by molar-refractivity contribution is 0.527. The highest BCUT2D eigenvalue weighted by Gasteiger charge is 2.04. The Hall–Kier alpha value is -3.14. The number of hydrogen-bond acceptors (Lipinski definition) is 4. The zero-order valence-corrected chi connectivity index (χ0v) is 13.6. The molecule has 4 rings (SSSR count). The maximum absolute atomic E-state index is 5.24.